The van der Waals surface area contributed by atoms with Crippen molar-refractivity contribution in [2.24, 2.45) is 5.92 Å². The lowest BCUT2D eigenvalue weighted by molar-refractivity contribution is 0.418. The van der Waals surface area contributed by atoms with Crippen molar-refractivity contribution < 1.29 is 0 Å². The number of halogens is 1. The van der Waals surface area contributed by atoms with Crippen LogP contribution in [0.5, 0.6) is 0 Å². The Kier molecular flexibility index (Phi) is 6.43. The molecule has 0 amide bonds. The smallest absolute Gasteiger partial charge is 0.0426 e. The first-order chi connectivity index (χ1) is 9.33. The monoisotopic (exact) mass is 322 g/mol. The minimum atomic E-state index is 0.581. The van der Waals surface area contributed by atoms with E-state index in [0.29, 0.717) is 4.83 Å². The Morgan fingerprint density at radius 2 is 1.89 bits per heavy atom. The molecule has 2 unspecified atom stereocenters. The van der Waals surface area contributed by atoms with Crippen molar-refractivity contribution in [1.82, 2.24) is 0 Å². The third kappa shape index (κ3) is 4.34. The minimum Gasteiger partial charge on any atom is -0.0836 e. The van der Waals surface area contributed by atoms with Crippen LogP contribution in [-0.2, 0) is 6.42 Å². The molecule has 0 bridgehead atoms. The Bertz CT molecular complexity index is 372. The summed E-state index contributed by atoms with van der Waals surface area (Å²) in [6, 6.07) is 9.01. The summed E-state index contributed by atoms with van der Waals surface area (Å²) < 4.78 is 0. The lowest BCUT2D eigenvalue weighted by Crippen LogP contribution is -2.07. The Morgan fingerprint density at radius 1 is 1.11 bits per heavy atom. The van der Waals surface area contributed by atoms with E-state index < -0.39 is 0 Å². The van der Waals surface area contributed by atoms with Gasteiger partial charge in [-0.1, -0.05) is 79.2 Å². The SMILES string of the molecule is CCCCCCCC1CCCc2ccccc2C1Br. The summed E-state index contributed by atoms with van der Waals surface area (Å²) in [5.41, 5.74) is 3.12. The molecule has 0 aromatic heterocycles. The molecule has 19 heavy (non-hydrogen) atoms. The fourth-order valence-electron chi connectivity index (χ4n) is 3.29. The quantitative estimate of drug-likeness (QED) is 0.321. The fourth-order valence-corrected chi connectivity index (χ4v) is 4.26. The van der Waals surface area contributed by atoms with Gasteiger partial charge in [0.05, 0.1) is 0 Å². The molecule has 106 valence electrons. The van der Waals surface area contributed by atoms with Gasteiger partial charge in [0.1, 0.15) is 0 Å². The highest BCUT2D eigenvalue weighted by Crippen LogP contribution is 2.41. The third-order valence-electron chi connectivity index (χ3n) is 4.47. The van der Waals surface area contributed by atoms with Crippen LogP contribution in [0.25, 0.3) is 0 Å². The Hall–Kier alpha value is -0.300. The number of benzene rings is 1. The highest BCUT2D eigenvalue weighted by Gasteiger charge is 2.24. The molecule has 0 saturated heterocycles. The zero-order valence-corrected chi connectivity index (χ0v) is 13.8. The highest BCUT2D eigenvalue weighted by atomic mass is 79.9. The second-order valence-corrected chi connectivity index (χ2v) is 6.94. The van der Waals surface area contributed by atoms with Gasteiger partial charge < -0.3 is 0 Å². The molecule has 1 heteroatoms. The van der Waals surface area contributed by atoms with Gasteiger partial charge >= 0.3 is 0 Å². The van der Waals surface area contributed by atoms with Crippen molar-refractivity contribution >= 4 is 15.9 Å². The van der Waals surface area contributed by atoms with E-state index in [1.54, 1.807) is 11.1 Å². The first-order valence-corrected chi connectivity index (χ1v) is 8.96. The zero-order chi connectivity index (χ0) is 13.5. The van der Waals surface area contributed by atoms with Gasteiger partial charge in [0.15, 0.2) is 0 Å². The lowest BCUT2D eigenvalue weighted by Gasteiger charge is -2.21. The summed E-state index contributed by atoms with van der Waals surface area (Å²) in [4.78, 5) is 0.581. The van der Waals surface area contributed by atoms with Crippen molar-refractivity contribution in [2.45, 2.75) is 69.5 Å². The van der Waals surface area contributed by atoms with Gasteiger partial charge in [-0.25, -0.2) is 0 Å². The first kappa shape index (κ1) is 15.1. The van der Waals surface area contributed by atoms with E-state index in [1.165, 1.54) is 57.8 Å². The van der Waals surface area contributed by atoms with Crippen LogP contribution < -0.4 is 0 Å². The second-order valence-electron chi connectivity index (χ2n) is 5.96. The van der Waals surface area contributed by atoms with Crippen LogP contribution in [0.15, 0.2) is 24.3 Å². The van der Waals surface area contributed by atoms with E-state index in [9.17, 15) is 0 Å². The normalized spacial score (nSPS) is 22.8. The summed E-state index contributed by atoms with van der Waals surface area (Å²) in [5.74, 6) is 0.838. The maximum Gasteiger partial charge on any atom is 0.0426 e. The minimum absolute atomic E-state index is 0.581. The van der Waals surface area contributed by atoms with Gasteiger partial charge in [0.25, 0.3) is 0 Å². The van der Waals surface area contributed by atoms with E-state index in [1.807, 2.05) is 0 Å². The largest absolute Gasteiger partial charge is 0.0836 e. The standard InChI is InChI=1S/C18H27Br/c1-2-3-4-5-6-11-16-13-9-12-15-10-7-8-14-17(15)18(16)19/h7-8,10,14,16,18H,2-6,9,11-13H2,1H3. The molecule has 1 aliphatic rings. The molecule has 2 rings (SSSR count). The molecule has 0 saturated carbocycles. The molecule has 0 heterocycles. The van der Waals surface area contributed by atoms with Gasteiger partial charge in [0.2, 0.25) is 0 Å². The van der Waals surface area contributed by atoms with E-state index in [-0.39, 0.29) is 0 Å². The molecule has 0 radical (unpaired) electrons. The van der Waals surface area contributed by atoms with Crippen molar-refractivity contribution in [3.63, 3.8) is 0 Å². The molecule has 0 aliphatic heterocycles. The maximum atomic E-state index is 3.99. The van der Waals surface area contributed by atoms with Crippen molar-refractivity contribution in [2.75, 3.05) is 0 Å². The molecule has 1 aromatic rings. The number of unbranched alkanes of at least 4 members (excludes halogenated alkanes) is 4. The first-order valence-electron chi connectivity index (χ1n) is 8.04. The molecule has 0 spiro atoms. The van der Waals surface area contributed by atoms with Crippen molar-refractivity contribution in [3.05, 3.63) is 35.4 Å². The number of alkyl halides is 1. The van der Waals surface area contributed by atoms with Crippen LogP contribution in [0.2, 0.25) is 0 Å². The van der Waals surface area contributed by atoms with Gasteiger partial charge in [-0.3, -0.25) is 0 Å². The topological polar surface area (TPSA) is 0 Å². The summed E-state index contributed by atoms with van der Waals surface area (Å²) >= 11 is 3.99. The van der Waals surface area contributed by atoms with Crippen LogP contribution in [-0.4, -0.2) is 0 Å². The Balaban J connectivity index is 1.88. The van der Waals surface area contributed by atoms with Crippen LogP contribution in [0.3, 0.4) is 0 Å². The summed E-state index contributed by atoms with van der Waals surface area (Å²) in [5, 5.41) is 0. The average molecular weight is 323 g/mol. The van der Waals surface area contributed by atoms with Gasteiger partial charge in [-0.05, 0) is 42.7 Å². The molecule has 0 nitrogen and oxygen atoms in total. The molecule has 0 fully saturated rings. The van der Waals surface area contributed by atoms with Gasteiger partial charge in [0, 0.05) is 4.83 Å². The lowest BCUT2D eigenvalue weighted by atomic mass is 9.91. The van der Waals surface area contributed by atoms with Crippen LogP contribution in [0, 0.1) is 5.92 Å². The van der Waals surface area contributed by atoms with Crippen LogP contribution in [0.1, 0.15) is 74.2 Å². The second kappa shape index (κ2) is 8.09. The van der Waals surface area contributed by atoms with Crippen molar-refractivity contribution in [1.29, 1.82) is 0 Å². The summed E-state index contributed by atoms with van der Waals surface area (Å²) in [6.07, 6.45) is 12.4. The maximum absolute atomic E-state index is 3.99. The number of hydrogen-bond acceptors (Lipinski definition) is 0. The molecule has 2 atom stereocenters. The summed E-state index contributed by atoms with van der Waals surface area (Å²) in [6.45, 7) is 2.29. The molecule has 0 N–H and O–H groups in total. The molecular formula is C18H27Br. The van der Waals surface area contributed by atoms with E-state index in [2.05, 4.69) is 47.1 Å². The Morgan fingerprint density at radius 3 is 2.74 bits per heavy atom. The Labute approximate surface area is 127 Å². The molecule has 1 aliphatic carbocycles. The number of rotatable bonds is 6. The zero-order valence-electron chi connectivity index (χ0n) is 12.2. The van der Waals surface area contributed by atoms with E-state index >= 15 is 0 Å². The van der Waals surface area contributed by atoms with Gasteiger partial charge in [-0.15, -0.1) is 0 Å². The number of hydrogen-bond donors (Lipinski definition) is 0. The van der Waals surface area contributed by atoms with Crippen molar-refractivity contribution in [3.8, 4) is 0 Å². The molecule has 1 aromatic carbocycles. The summed E-state index contributed by atoms with van der Waals surface area (Å²) in [7, 11) is 0. The highest BCUT2D eigenvalue weighted by molar-refractivity contribution is 9.09. The third-order valence-corrected chi connectivity index (χ3v) is 5.71. The predicted octanol–water partition coefficient (Wildman–Crippen LogP) is 6.44. The van der Waals surface area contributed by atoms with E-state index in [0.717, 1.165) is 5.92 Å². The number of fused-ring (bicyclic) bond motifs is 1. The van der Waals surface area contributed by atoms with Crippen LogP contribution >= 0.6 is 15.9 Å². The predicted molar refractivity (Wildman–Crippen MR) is 87.9 cm³/mol. The fraction of sp³-hybridized carbons (Fsp3) is 0.667. The van der Waals surface area contributed by atoms with Crippen LogP contribution in [0.4, 0.5) is 0 Å². The van der Waals surface area contributed by atoms with Gasteiger partial charge in [-0.2, -0.15) is 0 Å². The number of aryl methyl sites for hydroxylation is 1. The molecular weight excluding hydrogens is 296 g/mol. The average Bonchev–Trinajstić information content (AvgIpc) is 2.59. The van der Waals surface area contributed by atoms with E-state index in [4.69, 9.17) is 0 Å².